The van der Waals surface area contributed by atoms with E-state index >= 15 is 0 Å². The molecule has 5 heteroatoms. The molecule has 1 unspecified atom stereocenters. The lowest BCUT2D eigenvalue weighted by molar-refractivity contribution is -0.143. The Morgan fingerprint density at radius 2 is 2.31 bits per heavy atom. The van der Waals surface area contributed by atoms with Crippen molar-refractivity contribution in [2.24, 2.45) is 0 Å². The number of nitrogens with one attached hydrogen (secondary N) is 1. The first kappa shape index (κ1) is 11.4. The summed E-state index contributed by atoms with van der Waals surface area (Å²) in [6, 6.07) is 3.09. The number of rotatable bonds is 1. The van der Waals surface area contributed by atoms with Crippen molar-refractivity contribution >= 4 is 21.9 Å². The van der Waals surface area contributed by atoms with Crippen LogP contribution in [0.5, 0.6) is 5.75 Å². The molecule has 1 atom stereocenters. The number of aromatic hydroxyl groups is 1. The third-order valence-corrected chi connectivity index (χ3v) is 3.51. The van der Waals surface area contributed by atoms with Crippen molar-refractivity contribution in [3.05, 3.63) is 27.7 Å². The van der Waals surface area contributed by atoms with Gasteiger partial charge >= 0.3 is 5.97 Å². The molecule has 0 amide bonds. The van der Waals surface area contributed by atoms with Gasteiger partial charge < -0.3 is 9.84 Å². The summed E-state index contributed by atoms with van der Waals surface area (Å²) in [5, 5.41) is 12.7. The number of carbonyl (C=O) groups excluding carboxylic acids is 1. The second-order valence-corrected chi connectivity index (χ2v) is 4.54. The second-order valence-electron chi connectivity index (χ2n) is 3.68. The lowest BCUT2D eigenvalue weighted by Gasteiger charge is -2.25. The monoisotopic (exact) mass is 285 g/mol. The highest BCUT2D eigenvalue weighted by atomic mass is 79.9. The fraction of sp³-hybridized carbons (Fsp3) is 0.364. The Morgan fingerprint density at radius 1 is 1.56 bits per heavy atom. The molecule has 0 bridgehead atoms. The Morgan fingerprint density at radius 3 is 3.00 bits per heavy atom. The number of methoxy groups -OCH3 is 1. The van der Waals surface area contributed by atoms with Crippen molar-refractivity contribution in [1.82, 2.24) is 5.32 Å². The normalized spacial score (nSPS) is 19.0. The summed E-state index contributed by atoms with van der Waals surface area (Å²) in [4.78, 5) is 11.4. The van der Waals surface area contributed by atoms with Crippen LogP contribution in [-0.4, -0.2) is 24.2 Å². The van der Waals surface area contributed by atoms with Gasteiger partial charge in [0, 0.05) is 23.0 Å². The maximum atomic E-state index is 11.4. The molecule has 0 fully saturated rings. The molecule has 16 heavy (non-hydrogen) atoms. The Balaban J connectivity index is 2.33. The first-order valence-corrected chi connectivity index (χ1v) is 5.73. The van der Waals surface area contributed by atoms with Crippen molar-refractivity contribution in [2.45, 2.75) is 19.0 Å². The number of phenols is 1. The maximum Gasteiger partial charge on any atom is 0.323 e. The first-order chi connectivity index (χ1) is 7.63. The summed E-state index contributed by atoms with van der Waals surface area (Å²) < 4.78 is 5.61. The summed E-state index contributed by atoms with van der Waals surface area (Å²) in [7, 11) is 1.37. The summed E-state index contributed by atoms with van der Waals surface area (Å²) in [5.41, 5.74) is 1.81. The minimum absolute atomic E-state index is 0.258. The number of benzene rings is 1. The van der Waals surface area contributed by atoms with E-state index in [0.29, 0.717) is 13.0 Å². The van der Waals surface area contributed by atoms with Crippen molar-refractivity contribution < 1.29 is 14.6 Å². The number of phenolic OH excluding ortho intramolecular Hbond substituents is 1. The van der Waals surface area contributed by atoms with Crippen LogP contribution in [0, 0.1) is 0 Å². The van der Waals surface area contributed by atoms with E-state index in [1.54, 1.807) is 12.1 Å². The molecular formula is C11H12BrNO3. The van der Waals surface area contributed by atoms with E-state index in [0.717, 1.165) is 15.6 Å². The fourth-order valence-electron chi connectivity index (χ4n) is 1.88. The minimum Gasteiger partial charge on any atom is -0.508 e. The number of esters is 1. The van der Waals surface area contributed by atoms with Gasteiger partial charge in [0.1, 0.15) is 11.8 Å². The first-order valence-electron chi connectivity index (χ1n) is 4.94. The lowest BCUT2D eigenvalue weighted by Crippen LogP contribution is -2.42. The molecule has 1 heterocycles. The van der Waals surface area contributed by atoms with Crippen molar-refractivity contribution in [1.29, 1.82) is 0 Å². The zero-order chi connectivity index (χ0) is 11.7. The topological polar surface area (TPSA) is 58.6 Å². The molecule has 1 aromatic carbocycles. The average Bonchev–Trinajstić information content (AvgIpc) is 2.32. The van der Waals surface area contributed by atoms with Gasteiger partial charge in [0.25, 0.3) is 0 Å². The van der Waals surface area contributed by atoms with Crippen LogP contribution >= 0.6 is 15.9 Å². The number of fused-ring (bicyclic) bond motifs is 1. The van der Waals surface area contributed by atoms with Crippen LogP contribution in [0.15, 0.2) is 16.6 Å². The SMILES string of the molecule is COC(=O)C1Cc2c(Br)ccc(O)c2CN1. The van der Waals surface area contributed by atoms with E-state index in [2.05, 4.69) is 21.2 Å². The molecule has 1 aliphatic rings. The predicted octanol–water partition coefficient (Wildman–Crippen LogP) is 1.34. The van der Waals surface area contributed by atoms with Gasteiger partial charge in [-0.25, -0.2) is 0 Å². The van der Waals surface area contributed by atoms with Crippen LogP contribution in [0.25, 0.3) is 0 Å². The molecule has 4 nitrogen and oxygen atoms in total. The molecule has 0 aromatic heterocycles. The van der Waals surface area contributed by atoms with Gasteiger partial charge in [-0.15, -0.1) is 0 Å². The predicted molar refractivity (Wildman–Crippen MR) is 62.2 cm³/mol. The van der Waals surface area contributed by atoms with Gasteiger partial charge in [-0.05, 0) is 17.7 Å². The van der Waals surface area contributed by atoms with E-state index in [1.165, 1.54) is 7.11 Å². The molecule has 0 saturated carbocycles. The van der Waals surface area contributed by atoms with Gasteiger partial charge in [0.05, 0.1) is 7.11 Å². The van der Waals surface area contributed by atoms with Crippen LogP contribution < -0.4 is 5.32 Å². The van der Waals surface area contributed by atoms with Crippen LogP contribution in [0.1, 0.15) is 11.1 Å². The molecule has 0 spiro atoms. The Hall–Kier alpha value is -1.07. The molecule has 0 radical (unpaired) electrons. The summed E-state index contributed by atoms with van der Waals surface area (Å²) in [6.07, 6.45) is 0.525. The number of halogens is 1. The van der Waals surface area contributed by atoms with E-state index in [1.807, 2.05) is 0 Å². The average molecular weight is 286 g/mol. The van der Waals surface area contributed by atoms with Crippen molar-refractivity contribution in [3.63, 3.8) is 0 Å². The third kappa shape index (κ3) is 1.92. The van der Waals surface area contributed by atoms with Crippen LogP contribution in [0.2, 0.25) is 0 Å². The number of carbonyl (C=O) groups is 1. The molecule has 1 aliphatic heterocycles. The zero-order valence-corrected chi connectivity index (χ0v) is 10.4. The smallest absolute Gasteiger partial charge is 0.323 e. The highest BCUT2D eigenvalue weighted by Crippen LogP contribution is 2.31. The third-order valence-electron chi connectivity index (χ3n) is 2.77. The van der Waals surface area contributed by atoms with Gasteiger partial charge in [-0.1, -0.05) is 15.9 Å². The number of hydrogen-bond donors (Lipinski definition) is 2. The van der Waals surface area contributed by atoms with Crippen molar-refractivity contribution in [3.8, 4) is 5.75 Å². The molecule has 2 rings (SSSR count). The van der Waals surface area contributed by atoms with E-state index in [4.69, 9.17) is 4.74 Å². The Kier molecular flexibility index (Phi) is 3.16. The van der Waals surface area contributed by atoms with E-state index in [9.17, 15) is 9.90 Å². The van der Waals surface area contributed by atoms with Crippen LogP contribution in [0.3, 0.4) is 0 Å². The minimum atomic E-state index is -0.337. The quantitative estimate of drug-likeness (QED) is 0.765. The van der Waals surface area contributed by atoms with E-state index < -0.39 is 0 Å². The highest BCUT2D eigenvalue weighted by Gasteiger charge is 2.27. The molecule has 86 valence electrons. The molecule has 2 N–H and O–H groups in total. The molecular weight excluding hydrogens is 274 g/mol. The summed E-state index contributed by atoms with van der Waals surface area (Å²) in [6.45, 7) is 0.473. The van der Waals surface area contributed by atoms with Gasteiger partial charge in [0.2, 0.25) is 0 Å². The molecule has 0 aliphatic carbocycles. The van der Waals surface area contributed by atoms with E-state index in [-0.39, 0.29) is 17.8 Å². The Bertz CT molecular complexity index is 433. The molecule has 0 saturated heterocycles. The molecule has 1 aromatic rings. The largest absolute Gasteiger partial charge is 0.508 e. The fourth-order valence-corrected chi connectivity index (χ4v) is 2.41. The van der Waals surface area contributed by atoms with Crippen LogP contribution in [0.4, 0.5) is 0 Å². The maximum absolute atomic E-state index is 11.4. The lowest BCUT2D eigenvalue weighted by atomic mass is 9.95. The standard InChI is InChI=1S/C11H12BrNO3/c1-16-11(15)9-4-6-7(5-13-9)10(14)3-2-8(6)12/h2-3,9,13-14H,4-5H2,1H3. The highest BCUT2D eigenvalue weighted by molar-refractivity contribution is 9.10. The summed E-state index contributed by atoms with van der Waals surface area (Å²) in [5.74, 6) is -0.0186. The summed E-state index contributed by atoms with van der Waals surface area (Å²) >= 11 is 3.42. The zero-order valence-electron chi connectivity index (χ0n) is 8.79. The van der Waals surface area contributed by atoms with Gasteiger partial charge in [-0.3, -0.25) is 10.1 Å². The number of hydrogen-bond acceptors (Lipinski definition) is 4. The van der Waals surface area contributed by atoms with Crippen molar-refractivity contribution in [2.75, 3.05) is 7.11 Å². The van der Waals surface area contributed by atoms with Gasteiger partial charge in [-0.2, -0.15) is 0 Å². The van der Waals surface area contributed by atoms with Crippen LogP contribution in [-0.2, 0) is 22.5 Å². The number of ether oxygens (including phenoxy) is 1. The Labute approximate surface area is 102 Å². The van der Waals surface area contributed by atoms with Gasteiger partial charge in [0.15, 0.2) is 0 Å². The second kappa shape index (κ2) is 4.43.